The topological polar surface area (TPSA) is 37.4 Å². The third-order valence-electron chi connectivity index (χ3n) is 4.31. The smallest absolute Gasteiger partial charge is 0.0595 e. The molecule has 1 aromatic heterocycles. The van der Waals surface area contributed by atoms with Gasteiger partial charge in [0.15, 0.2) is 0 Å². The average Bonchev–Trinajstić information content (AvgIpc) is 3.32. The highest BCUT2D eigenvalue weighted by Crippen LogP contribution is 2.19. The van der Waals surface area contributed by atoms with E-state index < -0.39 is 0 Å². The lowest BCUT2D eigenvalue weighted by Gasteiger charge is -2.30. The second-order valence-corrected chi connectivity index (χ2v) is 6.02. The molecular formula is C16H25N3O. The number of hydrogen-bond donors (Lipinski definition) is 1. The fourth-order valence-electron chi connectivity index (χ4n) is 2.74. The number of piperidine rings is 1. The molecular weight excluding hydrogens is 250 g/mol. The normalized spacial score (nSPS) is 21.2. The molecule has 2 heterocycles. The van der Waals surface area contributed by atoms with Crippen molar-refractivity contribution in [3.63, 3.8) is 0 Å². The third-order valence-corrected chi connectivity index (χ3v) is 4.31. The fourth-order valence-corrected chi connectivity index (χ4v) is 2.74. The Bertz CT molecular complexity index is 408. The fraction of sp³-hybridized carbons (Fsp3) is 0.688. The van der Waals surface area contributed by atoms with Gasteiger partial charge in [-0.2, -0.15) is 0 Å². The van der Waals surface area contributed by atoms with E-state index in [1.807, 2.05) is 13.3 Å². The van der Waals surface area contributed by atoms with Crippen LogP contribution in [-0.4, -0.2) is 42.2 Å². The summed E-state index contributed by atoms with van der Waals surface area (Å²) in [5.74, 6) is 0. The predicted octanol–water partition coefficient (Wildman–Crippen LogP) is 1.94. The van der Waals surface area contributed by atoms with Gasteiger partial charge in [0.05, 0.1) is 11.8 Å². The van der Waals surface area contributed by atoms with E-state index in [2.05, 4.69) is 27.3 Å². The number of aromatic nitrogens is 1. The van der Waals surface area contributed by atoms with Crippen molar-refractivity contribution in [1.82, 2.24) is 15.2 Å². The van der Waals surface area contributed by atoms with Crippen LogP contribution in [0.2, 0.25) is 0 Å². The summed E-state index contributed by atoms with van der Waals surface area (Å²) in [5, 5.41) is 3.52. The Balaban J connectivity index is 1.45. The lowest BCUT2D eigenvalue weighted by atomic mass is 10.1. The van der Waals surface area contributed by atoms with Crippen molar-refractivity contribution in [3.8, 4) is 0 Å². The molecule has 0 spiro atoms. The lowest BCUT2D eigenvalue weighted by Crippen LogP contribution is -2.36. The van der Waals surface area contributed by atoms with Crippen LogP contribution in [-0.2, 0) is 17.8 Å². The number of likely N-dealkylation sites (tertiary alicyclic amines) is 1. The first-order valence-electron chi connectivity index (χ1n) is 7.76. The summed E-state index contributed by atoms with van der Waals surface area (Å²) in [4.78, 5) is 7.07. The van der Waals surface area contributed by atoms with Crippen LogP contribution in [0.1, 0.15) is 36.9 Å². The van der Waals surface area contributed by atoms with E-state index in [0.717, 1.165) is 45.1 Å². The van der Waals surface area contributed by atoms with Crippen LogP contribution >= 0.6 is 0 Å². The Morgan fingerprint density at radius 3 is 2.65 bits per heavy atom. The molecule has 0 unspecified atom stereocenters. The van der Waals surface area contributed by atoms with E-state index in [4.69, 9.17) is 4.74 Å². The standard InChI is InChI=1S/C16H25N3O/c1-20-16-6-8-19(9-7-16)12-15-3-2-13(11-18-15)10-17-14-4-5-14/h2-3,11,14,16-17H,4-10,12H2,1H3. The number of hydrogen-bond acceptors (Lipinski definition) is 4. The summed E-state index contributed by atoms with van der Waals surface area (Å²) < 4.78 is 5.41. The van der Waals surface area contributed by atoms with E-state index in [0.29, 0.717) is 6.10 Å². The van der Waals surface area contributed by atoms with Gasteiger partial charge in [0, 0.05) is 45.5 Å². The van der Waals surface area contributed by atoms with Gasteiger partial charge in [-0.25, -0.2) is 0 Å². The monoisotopic (exact) mass is 275 g/mol. The van der Waals surface area contributed by atoms with Crippen molar-refractivity contribution in [3.05, 3.63) is 29.6 Å². The Labute approximate surface area is 121 Å². The Morgan fingerprint density at radius 1 is 1.25 bits per heavy atom. The number of methoxy groups -OCH3 is 1. The summed E-state index contributed by atoms with van der Waals surface area (Å²) in [6.45, 7) is 4.15. The molecule has 3 rings (SSSR count). The first-order chi connectivity index (χ1) is 9.83. The molecule has 1 aliphatic carbocycles. The molecule has 1 saturated carbocycles. The molecule has 4 nitrogen and oxygen atoms in total. The van der Waals surface area contributed by atoms with Crippen LogP contribution in [0.25, 0.3) is 0 Å². The Morgan fingerprint density at radius 2 is 2.05 bits per heavy atom. The SMILES string of the molecule is COC1CCN(Cc2ccc(CNC3CC3)cn2)CC1. The largest absolute Gasteiger partial charge is 0.381 e. The average molecular weight is 275 g/mol. The van der Waals surface area contributed by atoms with E-state index in [1.54, 1.807) is 0 Å². The quantitative estimate of drug-likeness (QED) is 0.861. The van der Waals surface area contributed by atoms with Gasteiger partial charge in [-0.05, 0) is 37.3 Å². The molecule has 2 fully saturated rings. The summed E-state index contributed by atoms with van der Waals surface area (Å²) >= 11 is 0. The molecule has 1 N–H and O–H groups in total. The molecule has 2 aliphatic rings. The second kappa shape index (κ2) is 6.66. The minimum atomic E-state index is 0.454. The van der Waals surface area contributed by atoms with Gasteiger partial charge in [0.1, 0.15) is 0 Å². The van der Waals surface area contributed by atoms with Crippen molar-refractivity contribution in [2.75, 3.05) is 20.2 Å². The van der Waals surface area contributed by atoms with Crippen molar-refractivity contribution in [2.24, 2.45) is 0 Å². The zero-order valence-corrected chi connectivity index (χ0v) is 12.3. The predicted molar refractivity (Wildman–Crippen MR) is 79.4 cm³/mol. The highest BCUT2D eigenvalue weighted by atomic mass is 16.5. The van der Waals surface area contributed by atoms with Gasteiger partial charge in [0.2, 0.25) is 0 Å². The minimum absolute atomic E-state index is 0.454. The van der Waals surface area contributed by atoms with E-state index in [-0.39, 0.29) is 0 Å². The molecule has 0 atom stereocenters. The highest BCUT2D eigenvalue weighted by molar-refractivity contribution is 5.14. The second-order valence-electron chi connectivity index (χ2n) is 6.02. The van der Waals surface area contributed by atoms with E-state index in [1.165, 1.54) is 24.1 Å². The van der Waals surface area contributed by atoms with Crippen molar-refractivity contribution in [2.45, 2.75) is 50.9 Å². The molecule has 0 amide bonds. The minimum Gasteiger partial charge on any atom is -0.381 e. The van der Waals surface area contributed by atoms with Crippen LogP contribution in [0.4, 0.5) is 0 Å². The Kier molecular flexibility index (Phi) is 4.65. The van der Waals surface area contributed by atoms with Gasteiger partial charge in [-0.3, -0.25) is 9.88 Å². The van der Waals surface area contributed by atoms with Crippen molar-refractivity contribution >= 4 is 0 Å². The third kappa shape index (κ3) is 4.01. The number of rotatable bonds is 6. The van der Waals surface area contributed by atoms with Gasteiger partial charge in [-0.15, -0.1) is 0 Å². The lowest BCUT2D eigenvalue weighted by molar-refractivity contribution is 0.0385. The first-order valence-corrected chi connectivity index (χ1v) is 7.76. The van der Waals surface area contributed by atoms with Crippen LogP contribution < -0.4 is 5.32 Å². The number of nitrogens with zero attached hydrogens (tertiary/aromatic N) is 2. The van der Waals surface area contributed by atoms with Crippen molar-refractivity contribution < 1.29 is 4.74 Å². The van der Waals surface area contributed by atoms with Gasteiger partial charge in [-0.1, -0.05) is 6.07 Å². The molecule has 0 radical (unpaired) electrons. The van der Waals surface area contributed by atoms with Crippen LogP contribution in [0, 0.1) is 0 Å². The maximum atomic E-state index is 5.41. The molecule has 1 saturated heterocycles. The first kappa shape index (κ1) is 14.0. The molecule has 1 aromatic rings. The molecule has 0 aromatic carbocycles. The van der Waals surface area contributed by atoms with Gasteiger partial charge in [0.25, 0.3) is 0 Å². The van der Waals surface area contributed by atoms with Crippen LogP contribution in [0.15, 0.2) is 18.3 Å². The van der Waals surface area contributed by atoms with Gasteiger partial charge >= 0.3 is 0 Å². The summed E-state index contributed by atoms with van der Waals surface area (Å²) in [7, 11) is 1.82. The maximum Gasteiger partial charge on any atom is 0.0595 e. The molecule has 4 heteroatoms. The molecule has 110 valence electrons. The van der Waals surface area contributed by atoms with Crippen LogP contribution in [0.5, 0.6) is 0 Å². The summed E-state index contributed by atoms with van der Waals surface area (Å²) in [6.07, 6.45) is 7.42. The molecule has 1 aliphatic heterocycles. The summed E-state index contributed by atoms with van der Waals surface area (Å²) in [5.41, 5.74) is 2.47. The number of nitrogens with one attached hydrogen (secondary N) is 1. The van der Waals surface area contributed by atoms with E-state index in [9.17, 15) is 0 Å². The zero-order chi connectivity index (χ0) is 13.8. The highest BCUT2D eigenvalue weighted by Gasteiger charge is 2.20. The molecule has 20 heavy (non-hydrogen) atoms. The summed E-state index contributed by atoms with van der Waals surface area (Å²) in [6, 6.07) is 5.14. The Hall–Kier alpha value is -0.970. The van der Waals surface area contributed by atoms with Crippen molar-refractivity contribution in [1.29, 1.82) is 0 Å². The maximum absolute atomic E-state index is 5.41. The van der Waals surface area contributed by atoms with E-state index >= 15 is 0 Å². The number of pyridine rings is 1. The van der Waals surface area contributed by atoms with Gasteiger partial charge < -0.3 is 10.1 Å². The zero-order valence-electron chi connectivity index (χ0n) is 12.3. The van der Waals surface area contributed by atoms with Crippen LogP contribution in [0.3, 0.4) is 0 Å². The number of ether oxygens (including phenoxy) is 1. The molecule has 0 bridgehead atoms.